The fraction of sp³-hybridized carbons (Fsp3) is 0.609. The summed E-state index contributed by atoms with van der Waals surface area (Å²) in [5.74, 6) is -1.79. The second-order valence-corrected chi connectivity index (χ2v) is 11.3. The zero-order valence-corrected chi connectivity index (χ0v) is 20.8. The van der Waals surface area contributed by atoms with Gasteiger partial charge in [-0.25, -0.2) is 0 Å². The first-order chi connectivity index (χ1) is 17.5. The van der Waals surface area contributed by atoms with Crippen molar-refractivity contribution in [2.45, 2.75) is 31.6 Å². The maximum Gasteiger partial charge on any atom is 0.416 e. The summed E-state index contributed by atoms with van der Waals surface area (Å²) >= 11 is 0. The molecule has 0 saturated carbocycles. The Morgan fingerprint density at radius 2 is 1.81 bits per heavy atom. The van der Waals surface area contributed by atoms with E-state index in [1.165, 1.54) is 25.6 Å². The van der Waals surface area contributed by atoms with Crippen LogP contribution in [0.1, 0.15) is 24.0 Å². The first-order valence-corrected chi connectivity index (χ1v) is 13.4. The number of hydrogen-bond acceptors (Lipinski definition) is 6. The molecule has 0 radical (unpaired) electrons. The smallest absolute Gasteiger partial charge is 0.377 e. The molecule has 0 bridgehead atoms. The van der Waals surface area contributed by atoms with E-state index in [-0.39, 0.29) is 64.3 Å². The van der Waals surface area contributed by atoms with E-state index in [1.807, 2.05) is 6.07 Å². The van der Waals surface area contributed by atoms with Crippen molar-refractivity contribution in [1.29, 1.82) is 5.26 Å². The lowest BCUT2D eigenvalue weighted by molar-refractivity contribution is -0.152. The number of nitriles is 1. The lowest BCUT2D eigenvalue weighted by Gasteiger charge is -2.42. The van der Waals surface area contributed by atoms with Crippen LogP contribution in [-0.4, -0.2) is 85.7 Å². The summed E-state index contributed by atoms with van der Waals surface area (Å²) in [6.07, 6.45) is -3.49. The lowest BCUT2D eigenvalue weighted by Crippen LogP contribution is -2.60. The highest BCUT2D eigenvalue weighted by atomic mass is 32.2. The van der Waals surface area contributed by atoms with Crippen LogP contribution in [0.2, 0.25) is 0 Å². The van der Waals surface area contributed by atoms with Gasteiger partial charge in [0.05, 0.1) is 36.7 Å². The Kier molecular flexibility index (Phi) is 8.08. The van der Waals surface area contributed by atoms with Crippen molar-refractivity contribution in [2.24, 2.45) is 11.8 Å². The molecule has 14 heteroatoms. The number of benzene rings is 1. The van der Waals surface area contributed by atoms with E-state index in [9.17, 15) is 31.2 Å². The molecule has 3 saturated heterocycles. The van der Waals surface area contributed by atoms with E-state index in [1.54, 1.807) is 0 Å². The maximum atomic E-state index is 13.4. The third kappa shape index (κ3) is 6.06. The van der Waals surface area contributed by atoms with Crippen molar-refractivity contribution < 1.29 is 35.9 Å². The van der Waals surface area contributed by atoms with Gasteiger partial charge in [-0.3, -0.25) is 9.59 Å². The topological polar surface area (TPSA) is 123 Å². The van der Waals surface area contributed by atoms with Gasteiger partial charge in [0, 0.05) is 39.3 Å². The van der Waals surface area contributed by atoms with Crippen LogP contribution in [-0.2, 0) is 37.3 Å². The number of piperidine rings is 1. The number of carbonyl (C=O) groups excluding carboxylic acids is 2. The van der Waals surface area contributed by atoms with Gasteiger partial charge in [0.1, 0.15) is 6.04 Å². The van der Waals surface area contributed by atoms with Gasteiger partial charge in [0.15, 0.2) is 0 Å². The predicted octanol–water partition coefficient (Wildman–Crippen LogP) is 0.961. The zero-order chi connectivity index (χ0) is 26.8. The van der Waals surface area contributed by atoms with E-state index >= 15 is 0 Å². The predicted molar refractivity (Wildman–Crippen MR) is 124 cm³/mol. The van der Waals surface area contributed by atoms with E-state index in [0.29, 0.717) is 18.4 Å². The summed E-state index contributed by atoms with van der Waals surface area (Å²) in [7, 11) is -3.78. The zero-order valence-electron chi connectivity index (χ0n) is 20.0. The third-order valence-corrected chi connectivity index (χ3v) is 8.81. The molecule has 10 nitrogen and oxygen atoms in total. The van der Waals surface area contributed by atoms with Gasteiger partial charge in [0.25, 0.3) is 10.2 Å². The van der Waals surface area contributed by atoms with E-state index in [0.717, 1.165) is 12.1 Å². The Morgan fingerprint density at radius 1 is 1.11 bits per heavy atom. The van der Waals surface area contributed by atoms with E-state index in [2.05, 4.69) is 5.32 Å². The largest absolute Gasteiger partial charge is 0.416 e. The van der Waals surface area contributed by atoms with Gasteiger partial charge in [-0.15, -0.1) is 0 Å². The molecule has 2 atom stereocenters. The fourth-order valence-corrected chi connectivity index (χ4v) is 6.45. The van der Waals surface area contributed by atoms with Crippen LogP contribution in [0.15, 0.2) is 24.3 Å². The molecule has 4 rings (SSSR count). The Morgan fingerprint density at radius 3 is 2.46 bits per heavy atom. The first-order valence-electron chi connectivity index (χ1n) is 12.0. The Bertz CT molecular complexity index is 1150. The van der Waals surface area contributed by atoms with Gasteiger partial charge < -0.3 is 15.0 Å². The molecular weight excluding hydrogens is 515 g/mol. The number of rotatable bonds is 6. The number of nitrogens with one attached hydrogen (secondary N) is 1. The molecule has 0 spiro atoms. The van der Waals surface area contributed by atoms with Gasteiger partial charge in [-0.2, -0.15) is 35.5 Å². The van der Waals surface area contributed by atoms with Gasteiger partial charge in [-0.05, 0) is 30.5 Å². The molecule has 3 aliphatic heterocycles. The number of ether oxygens (including phenoxy) is 1. The molecule has 3 aliphatic rings. The highest BCUT2D eigenvalue weighted by Crippen LogP contribution is 2.29. The van der Waals surface area contributed by atoms with Gasteiger partial charge >= 0.3 is 6.18 Å². The van der Waals surface area contributed by atoms with Crippen LogP contribution in [0, 0.1) is 23.2 Å². The monoisotopic (exact) mass is 543 g/mol. The summed E-state index contributed by atoms with van der Waals surface area (Å²) in [4.78, 5) is 27.7. The average molecular weight is 544 g/mol. The van der Waals surface area contributed by atoms with Crippen LogP contribution in [0.3, 0.4) is 0 Å². The van der Waals surface area contributed by atoms with Gasteiger partial charge in [-0.1, -0.05) is 12.1 Å². The summed E-state index contributed by atoms with van der Waals surface area (Å²) < 4.78 is 72.0. The highest BCUT2D eigenvalue weighted by Gasteiger charge is 2.43. The molecule has 3 heterocycles. The molecule has 3 fully saturated rings. The second kappa shape index (κ2) is 10.9. The van der Waals surface area contributed by atoms with E-state index in [4.69, 9.17) is 10.00 Å². The Balaban J connectivity index is 1.37. The van der Waals surface area contributed by atoms with Crippen molar-refractivity contribution in [3.63, 3.8) is 0 Å². The number of nitrogens with zero attached hydrogens (tertiary/aromatic N) is 4. The summed E-state index contributed by atoms with van der Waals surface area (Å²) in [5, 5.41) is 11.6. The Labute approximate surface area is 213 Å². The lowest BCUT2D eigenvalue weighted by atomic mass is 9.97. The van der Waals surface area contributed by atoms with Crippen LogP contribution in [0.5, 0.6) is 0 Å². The van der Waals surface area contributed by atoms with E-state index < -0.39 is 39.8 Å². The third-order valence-electron chi connectivity index (χ3n) is 6.88. The second-order valence-electron chi connectivity index (χ2n) is 9.38. The van der Waals surface area contributed by atoms with Crippen LogP contribution in [0.4, 0.5) is 13.2 Å². The quantitative estimate of drug-likeness (QED) is 0.570. The highest BCUT2D eigenvalue weighted by molar-refractivity contribution is 7.86. The molecular formula is C23H28F3N5O5S. The van der Waals surface area contributed by atoms with Crippen LogP contribution in [0.25, 0.3) is 0 Å². The number of amides is 2. The number of halogens is 3. The minimum Gasteiger partial charge on any atom is -0.377 e. The molecule has 1 aromatic rings. The van der Waals surface area contributed by atoms with Crippen molar-refractivity contribution in [3.05, 3.63) is 35.4 Å². The first kappa shape index (κ1) is 27.3. The maximum absolute atomic E-state index is 13.4. The standard InChI is InChI=1S/C23H28F3N5O5S/c24-23(25,26)19-5-3-16(4-6-19)11-28-21(32)20-15-36-9-8-31(20)22(33)18-2-1-7-29(14-18)37(34,35)30-12-17(10-27)13-30/h3-6,17-18,20H,1-2,7-9,11-15H2,(H,28,32)/t18-,20+/m0/s1. The fourth-order valence-electron chi connectivity index (χ4n) is 4.66. The molecule has 37 heavy (non-hydrogen) atoms. The normalized spacial score (nSPS) is 24.2. The van der Waals surface area contributed by atoms with Crippen molar-refractivity contribution in [3.8, 4) is 6.07 Å². The SMILES string of the molecule is N#CC1CN(S(=O)(=O)N2CCC[C@H](C(=O)N3CCOC[C@@H]3C(=O)NCc3ccc(C(F)(F)F)cc3)C2)C1. The number of hydrogen-bond donors (Lipinski definition) is 1. The molecule has 2 amide bonds. The molecule has 1 N–H and O–H groups in total. The summed E-state index contributed by atoms with van der Waals surface area (Å²) in [6.45, 7) is 0.874. The van der Waals surface area contributed by atoms with Crippen molar-refractivity contribution in [1.82, 2.24) is 18.8 Å². The van der Waals surface area contributed by atoms with Crippen molar-refractivity contribution in [2.75, 3.05) is 45.9 Å². The minimum atomic E-state index is -4.45. The molecule has 0 unspecified atom stereocenters. The number of carbonyl (C=O) groups is 2. The van der Waals surface area contributed by atoms with Crippen LogP contribution < -0.4 is 5.32 Å². The van der Waals surface area contributed by atoms with Crippen LogP contribution >= 0.6 is 0 Å². The average Bonchev–Trinajstić information content (AvgIpc) is 2.86. The molecule has 0 aliphatic carbocycles. The summed E-state index contributed by atoms with van der Waals surface area (Å²) in [6, 6.07) is 5.53. The number of alkyl halides is 3. The minimum absolute atomic E-state index is 0.00780. The number of morpholine rings is 1. The summed E-state index contributed by atoms with van der Waals surface area (Å²) in [5.41, 5.74) is -0.323. The molecule has 0 aromatic heterocycles. The Hall–Kier alpha value is -2.73. The molecule has 202 valence electrons. The van der Waals surface area contributed by atoms with Gasteiger partial charge in [0.2, 0.25) is 11.8 Å². The van der Waals surface area contributed by atoms with Crippen molar-refractivity contribution >= 4 is 22.0 Å². The molecule has 1 aromatic carbocycles.